The van der Waals surface area contributed by atoms with E-state index in [4.69, 9.17) is 19.6 Å². The molecule has 3 rings (SSSR count). The molecule has 3 N–H and O–H groups in total. The highest BCUT2D eigenvalue weighted by molar-refractivity contribution is 6.83. The van der Waals surface area contributed by atoms with Gasteiger partial charge in [-0.05, 0) is 43.9 Å². The van der Waals surface area contributed by atoms with Gasteiger partial charge in [-0.25, -0.2) is 14.8 Å². The first-order valence-electron chi connectivity index (χ1n) is 13.8. The Morgan fingerprint density at radius 2 is 1.72 bits per heavy atom. The molecule has 1 unspecified atom stereocenters. The van der Waals surface area contributed by atoms with Crippen LogP contribution in [0.15, 0.2) is 15.0 Å². The van der Waals surface area contributed by atoms with Crippen molar-refractivity contribution in [2.24, 2.45) is 20.7 Å². The van der Waals surface area contributed by atoms with Crippen LogP contribution in [0.3, 0.4) is 0 Å². The number of nitrogens with two attached hydrogens (primary N) is 1. The maximum atomic E-state index is 13.1. The van der Waals surface area contributed by atoms with Crippen molar-refractivity contribution in [3.8, 4) is 0 Å². The lowest BCUT2D eigenvalue weighted by molar-refractivity contribution is -0.158. The van der Waals surface area contributed by atoms with E-state index in [9.17, 15) is 9.90 Å². The molecule has 1 saturated heterocycles. The summed E-state index contributed by atoms with van der Waals surface area (Å²) in [4.78, 5) is 28.2. The third-order valence-corrected chi connectivity index (χ3v) is 20.4. The molecule has 0 saturated carbocycles. The molecule has 0 aromatic carbocycles. The standard InChI is InChI=1S/C27H51N5O5Si2/c1-23(2,3)37-22(33)27(28)20-21(29-16-31-27)32(17-30-20)19-14-26(34,38(10,11)24(4,5)6)18(36-19)15-35-39(12,13)25(7,8)9/h16,18-19,34H,14-15,17,28H2,1-13H3/t18-,19-,26-,27?/m1/s1. The monoisotopic (exact) mass is 581 g/mol. The van der Waals surface area contributed by atoms with Gasteiger partial charge in [0.2, 0.25) is 0 Å². The van der Waals surface area contributed by atoms with Gasteiger partial charge in [0.25, 0.3) is 5.66 Å². The number of ether oxygens (including phenoxy) is 2. The summed E-state index contributed by atoms with van der Waals surface area (Å²) < 4.78 is 18.8. The Morgan fingerprint density at radius 3 is 2.23 bits per heavy atom. The summed E-state index contributed by atoms with van der Waals surface area (Å²) in [5.74, 6) is -0.267. The van der Waals surface area contributed by atoms with Crippen molar-refractivity contribution in [1.82, 2.24) is 4.90 Å². The predicted molar refractivity (Wildman–Crippen MR) is 161 cm³/mol. The lowest BCUT2D eigenvalue weighted by atomic mass is 10.0. The second-order valence-corrected chi connectivity index (χ2v) is 25.7. The van der Waals surface area contributed by atoms with Crippen LogP contribution >= 0.6 is 0 Å². The fourth-order valence-electron chi connectivity index (χ4n) is 4.73. The lowest BCUT2D eigenvalue weighted by Crippen LogP contribution is -2.65. The van der Waals surface area contributed by atoms with Gasteiger partial charge in [0.05, 0.1) is 19.9 Å². The summed E-state index contributed by atoms with van der Waals surface area (Å²) >= 11 is 0. The topological polar surface area (TPSA) is 131 Å². The minimum atomic E-state index is -2.37. The van der Waals surface area contributed by atoms with Crippen molar-refractivity contribution in [2.45, 2.75) is 134 Å². The Bertz CT molecular complexity index is 1070. The fourth-order valence-corrected chi connectivity index (χ4v) is 8.67. The molecular weight excluding hydrogens is 530 g/mol. The number of esters is 1. The minimum absolute atomic E-state index is 0.0278. The zero-order chi connectivity index (χ0) is 30.0. The average Bonchev–Trinajstić information content (AvgIpc) is 3.32. The molecule has 0 aliphatic carbocycles. The largest absolute Gasteiger partial charge is 0.457 e. The van der Waals surface area contributed by atoms with Crippen LogP contribution in [-0.4, -0.2) is 92.3 Å². The highest BCUT2D eigenvalue weighted by atomic mass is 28.4. The number of carbonyl (C=O) groups excluding carboxylic acids is 1. The van der Waals surface area contributed by atoms with Gasteiger partial charge in [0.1, 0.15) is 36.7 Å². The van der Waals surface area contributed by atoms with Crippen molar-refractivity contribution >= 4 is 40.2 Å². The van der Waals surface area contributed by atoms with Gasteiger partial charge >= 0.3 is 5.97 Å². The van der Waals surface area contributed by atoms with Gasteiger partial charge in [-0.3, -0.25) is 10.7 Å². The Kier molecular flexibility index (Phi) is 8.09. The molecular formula is C27H51N5O5Si2. The summed E-state index contributed by atoms with van der Waals surface area (Å²) in [7, 11) is -4.47. The van der Waals surface area contributed by atoms with Gasteiger partial charge in [0, 0.05) is 6.42 Å². The molecule has 0 radical (unpaired) electrons. The number of rotatable bonds is 6. The van der Waals surface area contributed by atoms with Crippen molar-refractivity contribution in [3.05, 3.63) is 0 Å². The zero-order valence-electron chi connectivity index (χ0n) is 26.3. The SMILES string of the molecule is CC(C)(C)OC(=O)C1(N)N=CN=C2C1=NCN2[C@H]1C[C@@](O)([Si](C)(C)C(C)(C)C)[C@@H](CO[Si](C)(C)C(C)(C)C)O1. The molecule has 222 valence electrons. The summed E-state index contributed by atoms with van der Waals surface area (Å²) in [6, 6.07) is 0. The van der Waals surface area contributed by atoms with E-state index in [1.54, 1.807) is 20.8 Å². The maximum absolute atomic E-state index is 13.1. The third-order valence-electron chi connectivity index (χ3n) is 9.42. The fraction of sp³-hybridized carbons (Fsp3) is 0.852. The van der Waals surface area contributed by atoms with E-state index in [0.717, 1.165) is 0 Å². The Balaban J connectivity index is 1.92. The Labute approximate surface area is 236 Å². The van der Waals surface area contributed by atoms with Crippen LogP contribution in [0.4, 0.5) is 0 Å². The number of carbonyl (C=O) groups is 1. The first kappa shape index (κ1) is 32.1. The summed E-state index contributed by atoms with van der Waals surface area (Å²) in [6.45, 7) is 27.9. The maximum Gasteiger partial charge on any atom is 0.356 e. The molecule has 0 bridgehead atoms. The van der Waals surface area contributed by atoms with Gasteiger partial charge < -0.3 is 23.9 Å². The zero-order valence-corrected chi connectivity index (χ0v) is 28.3. The van der Waals surface area contributed by atoms with Crippen LogP contribution in [0.1, 0.15) is 68.7 Å². The van der Waals surface area contributed by atoms with Gasteiger partial charge in [-0.2, -0.15) is 0 Å². The van der Waals surface area contributed by atoms with Crippen LogP contribution in [0, 0.1) is 0 Å². The molecule has 0 amide bonds. The van der Waals surface area contributed by atoms with E-state index in [0.29, 0.717) is 18.9 Å². The quantitative estimate of drug-likeness (QED) is 0.357. The van der Waals surface area contributed by atoms with Crippen LogP contribution in [-0.2, 0) is 18.7 Å². The molecule has 4 atom stereocenters. The van der Waals surface area contributed by atoms with Crippen molar-refractivity contribution < 1.29 is 23.8 Å². The second-order valence-electron chi connectivity index (χ2n) is 15.2. The number of hydrogen-bond donors (Lipinski definition) is 2. The number of amidine groups is 1. The molecule has 3 aliphatic rings. The minimum Gasteiger partial charge on any atom is -0.457 e. The van der Waals surface area contributed by atoms with Crippen LogP contribution in [0.25, 0.3) is 0 Å². The van der Waals surface area contributed by atoms with E-state index < -0.39 is 51.2 Å². The highest BCUT2D eigenvalue weighted by Crippen LogP contribution is 2.50. The number of aliphatic hydroxyl groups is 1. The molecule has 12 heteroatoms. The second kappa shape index (κ2) is 9.83. The van der Waals surface area contributed by atoms with E-state index in [1.165, 1.54) is 6.34 Å². The molecule has 0 aromatic rings. The number of fused-ring (bicyclic) bond motifs is 1. The number of nitrogens with zero attached hydrogens (tertiary/aromatic N) is 4. The van der Waals surface area contributed by atoms with E-state index in [2.05, 4.69) is 82.7 Å². The first-order chi connectivity index (χ1) is 17.4. The highest BCUT2D eigenvalue weighted by Gasteiger charge is 2.63. The Morgan fingerprint density at radius 1 is 1.13 bits per heavy atom. The summed E-state index contributed by atoms with van der Waals surface area (Å²) in [5.41, 5.74) is 4.21. The number of hydrogen-bond acceptors (Lipinski definition) is 10. The van der Waals surface area contributed by atoms with Crippen LogP contribution in [0.5, 0.6) is 0 Å². The number of aliphatic imine (C=N–C) groups is 3. The van der Waals surface area contributed by atoms with E-state index in [-0.39, 0.29) is 22.5 Å². The van der Waals surface area contributed by atoms with E-state index in [1.807, 2.05) is 4.90 Å². The summed E-state index contributed by atoms with van der Waals surface area (Å²) in [5, 5.41) is 11.4. The molecule has 0 spiro atoms. The smallest absolute Gasteiger partial charge is 0.356 e. The predicted octanol–water partition coefficient (Wildman–Crippen LogP) is 4.05. The van der Waals surface area contributed by atoms with Gasteiger partial charge in [-0.15, -0.1) is 0 Å². The van der Waals surface area contributed by atoms with Gasteiger partial charge in [0.15, 0.2) is 14.2 Å². The summed E-state index contributed by atoms with van der Waals surface area (Å²) in [6.07, 6.45) is 0.612. The molecule has 0 aromatic heterocycles. The Hall–Kier alpha value is -1.45. The molecule has 1 fully saturated rings. The van der Waals surface area contributed by atoms with Crippen molar-refractivity contribution in [1.29, 1.82) is 0 Å². The van der Waals surface area contributed by atoms with Gasteiger partial charge in [-0.1, -0.05) is 54.6 Å². The molecule has 3 heterocycles. The normalized spacial score (nSPS) is 30.3. The van der Waals surface area contributed by atoms with Crippen molar-refractivity contribution in [2.75, 3.05) is 13.3 Å². The lowest BCUT2D eigenvalue weighted by Gasteiger charge is -2.49. The first-order valence-corrected chi connectivity index (χ1v) is 19.8. The molecule has 3 aliphatic heterocycles. The molecule has 39 heavy (non-hydrogen) atoms. The van der Waals surface area contributed by atoms with Crippen LogP contribution in [0.2, 0.25) is 36.3 Å². The van der Waals surface area contributed by atoms with E-state index >= 15 is 0 Å². The molecule has 10 nitrogen and oxygen atoms in total. The van der Waals surface area contributed by atoms with Crippen molar-refractivity contribution in [3.63, 3.8) is 0 Å². The average molecular weight is 582 g/mol. The third kappa shape index (κ3) is 5.69. The van der Waals surface area contributed by atoms with Crippen LogP contribution < -0.4 is 5.73 Å².